The molecule has 2 fully saturated rings. The molecule has 29 heavy (non-hydrogen) atoms. The van der Waals surface area contributed by atoms with E-state index in [9.17, 15) is 9.59 Å². The van der Waals surface area contributed by atoms with Crippen LogP contribution in [0.1, 0.15) is 46.4 Å². The van der Waals surface area contributed by atoms with E-state index in [4.69, 9.17) is 5.73 Å². The number of anilines is 1. The lowest BCUT2D eigenvalue weighted by Crippen LogP contribution is -2.49. The normalized spacial score (nSPS) is 23.3. The number of benzene rings is 1. The SMILES string of the molecule is NC(=O)c1cnc2[nH]ccc2c1NC1C[C@H]2CC[C@@H](C1)N2C(=O)c1ccccc1. The first kappa shape index (κ1) is 17.7. The number of fused-ring (bicyclic) bond motifs is 3. The Kier molecular flexibility index (Phi) is 4.23. The second-order valence-corrected chi connectivity index (χ2v) is 7.93. The van der Waals surface area contributed by atoms with Gasteiger partial charge in [0.2, 0.25) is 0 Å². The van der Waals surface area contributed by atoms with E-state index in [0.29, 0.717) is 5.56 Å². The number of hydrogen-bond donors (Lipinski definition) is 3. The molecule has 1 aromatic carbocycles. The number of aromatic nitrogens is 2. The molecule has 4 heterocycles. The van der Waals surface area contributed by atoms with Crippen LogP contribution in [0.4, 0.5) is 5.69 Å². The van der Waals surface area contributed by atoms with Gasteiger partial charge in [0.1, 0.15) is 5.65 Å². The van der Waals surface area contributed by atoms with Crippen LogP contribution in [-0.2, 0) is 0 Å². The second-order valence-electron chi connectivity index (χ2n) is 7.93. The third-order valence-corrected chi connectivity index (χ3v) is 6.19. The van der Waals surface area contributed by atoms with E-state index in [1.54, 1.807) is 6.20 Å². The van der Waals surface area contributed by atoms with Crippen molar-refractivity contribution >= 4 is 28.5 Å². The van der Waals surface area contributed by atoms with Crippen molar-refractivity contribution in [3.63, 3.8) is 0 Å². The smallest absolute Gasteiger partial charge is 0.254 e. The predicted octanol–water partition coefficient (Wildman–Crippen LogP) is 2.91. The van der Waals surface area contributed by atoms with Gasteiger partial charge in [-0.2, -0.15) is 0 Å². The second kappa shape index (κ2) is 6.92. The van der Waals surface area contributed by atoms with Crippen molar-refractivity contribution in [2.45, 2.75) is 43.8 Å². The van der Waals surface area contributed by atoms with Crippen molar-refractivity contribution in [1.82, 2.24) is 14.9 Å². The van der Waals surface area contributed by atoms with E-state index < -0.39 is 5.91 Å². The largest absolute Gasteiger partial charge is 0.381 e. The molecule has 0 spiro atoms. The summed E-state index contributed by atoms with van der Waals surface area (Å²) in [6.07, 6.45) is 7.05. The third-order valence-electron chi connectivity index (χ3n) is 6.19. The molecule has 7 nitrogen and oxygen atoms in total. The van der Waals surface area contributed by atoms with Gasteiger partial charge in [-0.05, 0) is 43.9 Å². The van der Waals surface area contributed by atoms with E-state index >= 15 is 0 Å². The molecule has 0 aliphatic carbocycles. The van der Waals surface area contributed by atoms with Gasteiger partial charge < -0.3 is 20.9 Å². The van der Waals surface area contributed by atoms with E-state index in [-0.39, 0.29) is 24.0 Å². The van der Waals surface area contributed by atoms with Crippen molar-refractivity contribution < 1.29 is 9.59 Å². The van der Waals surface area contributed by atoms with Crippen LogP contribution in [0, 0.1) is 0 Å². The van der Waals surface area contributed by atoms with Crippen LogP contribution in [0.15, 0.2) is 48.8 Å². The van der Waals surface area contributed by atoms with Crippen molar-refractivity contribution in [3.8, 4) is 0 Å². The molecule has 148 valence electrons. The van der Waals surface area contributed by atoms with E-state index in [2.05, 4.69) is 20.2 Å². The Bertz CT molecular complexity index is 1060. The Labute approximate surface area is 168 Å². The number of piperidine rings is 1. The molecule has 7 heteroatoms. The minimum absolute atomic E-state index is 0.117. The number of nitrogens with one attached hydrogen (secondary N) is 2. The molecule has 3 atom stereocenters. The molecule has 1 unspecified atom stereocenters. The van der Waals surface area contributed by atoms with Gasteiger partial charge in [-0.1, -0.05) is 18.2 Å². The summed E-state index contributed by atoms with van der Waals surface area (Å²) in [5, 5.41) is 4.42. The fourth-order valence-corrected chi connectivity index (χ4v) is 4.91. The van der Waals surface area contributed by atoms with Gasteiger partial charge in [-0.3, -0.25) is 9.59 Å². The van der Waals surface area contributed by atoms with Gasteiger partial charge in [0, 0.05) is 41.5 Å². The average Bonchev–Trinajstić information content (AvgIpc) is 3.31. The number of primary amides is 1. The number of amides is 2. The molecule has 2 amide bonds. The molecule has 2 aromatic heterocycles. The van der Waals surface area contributed by atoms with Crippen molar-refractivity contribution in [2.24, 2.45) is 5.73 Å². The highest BCUT2D eigenvalue weighted by Gasteiger charge is 2.43. The zero-order chi connectivity index (χ0) is 20.0. The number of nitrogens with two attached hydrogens (primary N) is 1. The minimum Gasteiger partial charge on any atom is -0.381 e. The summed E-state index contributed by atoms with van der Waals surface area (Å²) < 4.78 is 0. The summed E-state index contributed by atoms with van der Waals surface area (Å²) in [5.41, 5.74) is 8.18. The van der Waals surface area contributed by atoms with Crippen molar-refractivity contribution in [1.29, 1.82) is 0 Å². The maximum absolute atomic E-state index is 13.0. The maximum atomic E-state index is 13.0. The van der Waals surface area contributed by atoms with Crippen LogP contribution in [-0.4, -0.2) is 44.8 Å². The van der Waals surface area contributed by atoms with E-state index in [1.807, 2.05) is 36.4 Å². The fourth-order valence-electron chi connectivity index (χ4n) is 4.91. The molecule has 2 saturated heterocycles. The van der Waals surface area contributed by atoms with E-state index in [1.165, 1.54) is 6.20 Å². The number of aromatic amines is 1. The van der Waals surface area contributed by atoms with Crippen LogP contribution >= 0.6 is 0 Å². The number of H-pyrrole nitrogens is 1. The van der Waals surface area contributed by atoms with Crippen LogP contribution in [0.25, 0.3) is 11.0 Å². The maximum Gasteiger partial charge on any atom is 0.254 e. The highest BCUT2D eigenvalue weighted by Crippen LogP contribution is 2.39. The van der Waals surface area contributed by atoms with Gasteiger partial charge in [0.15, 0.2) is 0 Å². The molecule has 2 bridgehead atoms. The van der Waals surface area contributed by atoms with Crippen LogP contribution in [0.5, 0.6) is 0 Å². The highest BCUT2D eigenvalue weighted by atomic mass is 16.2. The molecule has 0 saturated carbocycles. The molecule has 4 N–H and O–H groups in total. The summed E-state index contributed by atoms with van der Waals surface area (Å²) in [7, 11) is 0. The first-order chi connectivity index (χ1) is 14.1. The van der Waals surface area contributed by atoms with Crippen LogP contribution in [0.2, 0.25) is 0 Å². The molecule has 0 radical (unpaired) electrons. The van der Waals surface area contributed by atoms with Gasteiger partial charge in [0.25, 0.3) is 11.8 Å². The summed E-state index contributed by atoms with van der Waals surface area (Å²) in [6.45, 7) is 0. The zero-order valence-electron chi connectivity index (χ0n) is 16.0. The topological polar surface area (TPSA) is 104 Å². The summed E-state index contributed by atoms with van der Waals surface area (Å²) in [4.78, 5) is 34.4. The Morgan fingerprint density at radius 3 is 2.52 bits per heavy atom. The van der Waals surface area contributed by atoms with Gasteiger partial charge in [-0.25, -0.2) is 4.98 Å². The predicted molar refractivity (Wildman–Crippen MR) is 111 cm³/mol. The lowest BCUT2D eigenvalue weighted by atomic mass is 9.95. The molecule has 2 aliphatic heterocycles. The zero-order valence-corrected chi connectivity index (χ0v) is 16.0. The molecule has 2 aliphatic rings. The highest BCUT2D eigenvalue weighted by molar-refractivity contribution is 6.06. The van der Waals surface area contributed by atoms with Gasteiger partial charge >= 0.3 is 0 Å². The Balaban J connectivity index is 1.39. The average molecular weight is 389 g/mol. The van der Waals surface area contributed by atoms with Gasteiger partial charge in [-0.15, -0.1) is 0 Å². The van der Waals surface area contributed by atoms with Gasteiger partial charge in [0.05, 0.1) is 11.3 Å². The minimum atomic E-state index is -0.497. The number of pyridine rings is 1. The Hall–Kier alpha value is -3.35. The van der Waals surface area contributed by atoms with Crippen molar-refractivity contribution in [2.75, 3.05) is 5.32 Å². The van der Waals surface area contributed by atoms with Crippen LogP contribution in [0.3, 0.4) is 0 Å². The summed E-state index contributed by atoms with van der Waals surface area (Å²) in [5.74, 6) is -0.380. The molecule has 5 rings (SSSR count). The van der Waals surface area contributed by atoms with Crippen molar-refractivity contribution in [3.05, 3.63) is 59.9 Å². The standard InChI is InChI=1S/C22H23N5O2/c23-20(28)18-12-25-21-17(8-9-24-21)19(18)26-14-10-15-6-7-16(11-14)27(15)22(29)13-4-2-1-3-5-13/h1-5,8-9,12,14-16H,6-7,10-11H2,(H2,23,28)(H2,24,25,26)/t14?,15-,16+. The third kappa shape index (κ3) is 3.03. The first-order valence-corrected chi connectivity index (χ1v) is 10.0. The Morgan fingerprint density at radius 2 is 1.83 bits per heavy atom. The lowest BCUT2D eigenvalue weighted by Gasteiger charge is -2.39. The quantitative estimate of drug-likeness (QED) is 0.638. The number of carbonyl (C=O) groups is 2. The fraction of sp³-hybridized carbons (Fsp3) is 0.318. The summed E-state index contributed by atoms with van der Waals surface area (Å²) in [6, 6.07) is 12.0. The first-order valence-electron chi connectivity index (χ1n) is 10.0. The van der Waals surface area contributed by atoms with E-state index in [0.717, 1.165) is 48.0 Å². The lowest BCUT2D eigenvalue weighted by molar-refractivity contribution is 0.0583. The molecule has 3 aromatic rings. The Morgan fingerprint density at radius 1 is 1.10 bits per heavy atom. The number of carbonyl (C=O) groups excluding carboxylic acids is 2. The number of hydrogen-bond acceptors (Lipinski definition) is 4. The molecular formula is C22H23N5O2. The summed E-state index contributed by atoms with van der Waals surface area (Å²) >= 11 is 0. The number of nitrogens with zero attached hydrogens (tertiary/aromatic N) is 2. The van der Waals surface area contributed by atoms with Crippen LogP contribution < -0.4 is 11.1 Å². The molecular weight excluding hydrogens is 366 g/mol. The number of rotatable bonds is 4. The monoisotopic (exact) mass is 389 g/mol.